The van der Waals surface area contributed by atoms with Crippen molar-refractivity contribution in [1.82, 2.24) is 10.6 Å². The van der Waals surface area contributed by atoms with Crippen LogP contribution in [0.4, 0.5) is 13.6 Å². The van der Waals surface area contributed by atoms with Gasteiger partial charge in [0, 0.05) is 11.4 Å². The minimum absolute atomic E-state index is 0.0510. The first kappa shape index (κ1) is 15.4. The van der Waals surface area contributed by atoms with Gasteiger partial charge in [-0.2, -0.15) is 0 Å². The zero-order chi connectivity index (χ0) is 14.3. The molecule has 0 aliphatic rings. The molecule has 0 aliphatic carbocycles. The van der Waals surface area contributed by atoms with Crippen molar-refractivity contribution in [2.24, 2.45) is 0 Å². The van der Waals surface area contributed by atoms with Crippen molar-refractivity contribution >= 4 is 23.7 Å². The van der Waals surface area contributed by atoms with Crippen LogP contribution in [-0.4, -0.2) is 24.2 Å². The number of rotatable bonds is 5. The van der Waals surface area contributed by atoms with Crippen LogP contribution in [-0.2, 0) is 4.79 Å². The molecule has 2 N–H and O–H groups in total. The highest BCUT2D eigenvalue weighted by atomic mass is 32.2. The third-order valence-corrected chi connectivity index (χ3v) is 3.04. The van der Waals surface area contributed by atoms with Crippen LogP contribution in [0.1, 0.15) is 13.3 Å². The van der Waals surface area contributed by atoms with Gasteiger partial charge in [-0.25, -0.2) is 13.6 Å². The van der Waals surface area contributed by atoms with Crippen molar-refractivity contribution in [1.29, 1.82) is 0 Å². The molecule has 7 heteroatoms. The Morgan fingerprint density at radius 3 is 2.63 bits per heavy atom. The smallest absolute Gasteiger partial charge is 0.321 e. The van der Waals surface area contributed by atoms with Gasteiger partial charge >= 0.3 is 6.03 Å². The Kier molecular flexibility index (Phi) is 6.27. The number of hydrogen-bond acceptors (Lipinski definition) is 3. The maximum atomic E-state index is 12.9. The van der Waals surface area contributed by atoms with E-state index in [0.29, 0.717) is 11.4 Å². The Hall–Kier alpha value is -1.63. The van der Waals surface area contributed by atoms with Crippen molar-refractivity contribution in [3.63, 3.8) is 0 Å². The van der Waals surface area contributed by atoms with E-state index < -0.39 is 23.6 Å². The number of imide groups is 1. The van der Waals surface area contributed by atoms with Gasteiger partial charge in [0.05, 0.1) is 5.75 Å². The van der Waals surface area contributed by atoms with E-state index in [1.807, 2.05) is 6.92 Å². The van der Waals surface area contributed by atoms with Gasteiger partial charge in [0.1, 0.15) is 0 Å². The first-order chi connectivity index (χ1) is 9.02. The van der Waals surface area contributed by atoms with E-state index in [9.17, 15) is 18.4 Å². The van der Waals surface area contributed by atoms with Gasteiger partial charge in [0.15, 0.2) is 11.6 Å². The Labute approximate surface area is 113 Å². The third kappa shape index (κ3) is 5.69. The molecule has 0 heterocycles. The van der Waals surface area contributed by atoms with Crippen LogP contribution in [0.2, 0.25) is 0 Å². The van der Waals surface area contributed by atoms with Crippen molar-refractivity contribution in [2.45, 2.75) is 18.2 Å². The molecule has 0 aliphatic heterocycles. The van der Waals surface area contributed by atoms with E-state index in [1.54, 1.807) is 0 Å². The second-order valence-electron chi connectivity index (χ2n) is 3.67. The largest absolute Gasteiger partial charge is 0.338 e. The fourth-order valence-electron chi connectivity index (χ4n) is 1.16. The standard InChI is InChI=1S/C12H14F2N2O2S/c1-2-5-15-12(18)16-11(17)7-19-8-3-4-9(13)10(14)6-8/h3-4,6H,2,5,7H2,1H3,(H2,15,16,17,18). The molecule has 3 amide bonds. The number of amides is 3. The summed E-state index contributed by atoms with van der Waals surface area (Å²) >= 11 is 1.02. The Morgan fingerprint density at radius 1 is 1.26 bits per heavy atom. The number of carbonyl (C=O) groups is 2. The van der Waals surface area contributed by atoms with Gasteiger partial charge in [0.25, 0.3) is 0 Å². The minimum Gasteiger partial charge on any atom is -0.338 e. The highest BCUT2D eigenvalue weighted by molar-refractivity contribution is 8.00. The average molecular weight is 288 g/mol. The van der Waals surface area contributed by atoms with Crippen LogP contribution in [0.3, 0.4) is 0 Å². The summed E-state index contributed by atoms with van der Waals surface area (Å²) < 4.78 is 25.6. The van der Waals surface area contributed by atoms with E-state index in [1.165, 1.54) is 6.07 Å². The molecule has 0 aromatic heterocycles. The van der Waals surface area contributed by atoms with E-state index in [0.717, 1.165) is 30.3 Å². The number of thioether (sulfide) groups is 1. The highest BCUT2D eigenvalue weighted by Gasteiger charge is 2.09. The number of carbonyl (C=O) groups excluding carboxylic acids is 2. The third-order valence-electron chi connectivity index (χ3n) is 2.05. The average Bonchev–Trinajstić information content (AvgIpc) is 2.38. The van der Waals surface area contributed by atoms with Gasteiger partial charge in [0.2, 0.25) is 5.91 Å². The van der Waals surface area contributed by atoms with E-state index in [2.05, 4.69) is 10.6 Å². The molecule has 0 bridgehead atoms. The van der Waals surface area contributed by atoms with Crippen LogP contribution in [0.25, 0.3) is 0 Å². The summed E-state index contributed by atoms with van der Waals surface area (Å²) in [7, 11) is 0. The summed E-state index contributed by atoms with van der Waals surface area (Å²) in [5, 5.41) is 4.62. The van der Waals surface area contributed by atoms with Crippen molar-refractivity contribution in [3.8, 4) is 0 Å². The number of nitrogens with one attached hydrogen (secondary N) is 2. The molecule has 0 spiro atoms. The zero-order valence-corrected chi connectivity index (χ0v) is 11.2. The topological polar surface area (TPSA) is 58.2 Å². The van der Waals surface area contributed by atoms with Crippen molar-refractivity contribution in [2.75, 3.05) is 12.3 Å². The summed E-state index contributed by atoms with van der Waals surface area (Å²) in [6.45, 7) is 2.37. The normalized spacial score (nSPS) is 10.1. The number of urea groups is 1. The molecular formula is C12H14F2N2O2S. The Balaban J connectivity index is 2.37. The SMILES string of the molecule is CCCNC(=O)NC(=O)CSc1ccc(F)c(F)c1. The fraction of sp³-hybridized carbons (Fsp3) is 0.333. The molecule has 0 fully saturated rings. The molecule has 0 saturated carbocycles. The van der Waals surface area contributed by atoms with Crippen LogP contribution in [0.5, 0.6) is 0 Å². The molecule has 1 aromatic rings. The molecule has 4 nitrogen and oxygen atoms in total. The van der Waals surface area contributed by atoms with Crippen LogP contribution < -0.4 is 10.6 Å². The second-order valence-corrected chi connectivity index (χ2v) is 4.72. The Bertz CT molecular complexity index is 469. The predicted octanol–water partition coefficient (Wildman–Crippen LogP) is 2.29. The lowest BCUT2D eigenvalue weighted by atomic mass is 10.3. The molecule has 0 unspecified atom stereocenters. The lowest BCUT2D eigenvalue weighted by molar-refractivity contribution is -0.117. The number of halogens is 2. The minimum atomic E-state index is -0.967. The molecule has 19 heavy (non-hydrogen) atoms. The quantitative estimate of drug-likeness (QED) is 0.817. The van der Waals surface area contributed by atoms with Gasteiger partial charge < -0.3 is 5.32 Å². The summed E-state index contributed by atoms with van der Waals surface area (Å²) in [4.78, 5) is 23.0. The van der Waals surface area contributed by atoms with Crippen molar-refractivity contribution in [3.05, 3.63) is 29.8 Å². The number of benzene rings is 1. The van der Waals surface area contributed by atoms with E-state index in [-0.39, 0.29) is 5.75 Å². The lowest BCUT2D eigenvalue weighted by Gasteiger charge is -2.05. The lowest BCUT2D eigenvalue weighted by Crippen LogP contribution is -2.40. The maximum absolute atomic E-state index is 12.9. The molecule has 1 aromatic carbocycles. The summed E-state index contributed by atoms with van der Waals surface area (Å²) in [5.41, 5.74) is 0. The Morgan fingerprint density at radius 2 is 2.00 bits per heavy atom. The highest BCUT2D eigenvalue weighted by Crippen LogP contribution is 2.19. The molecule has 0 radical (unpaired) electrons. The van der Waals surface area contributed by atoms with E-state index in [4.69, 9.17) is 0 Å². The molecule has 1 rings (SSSR count). The van der Waals surface area contributed by atoms with Gasteiger partial charge in [-0.3, -0.25) is 10.1 Å². The molecule has 0 atom stereocenters. The summed E-state index contributed by atoms with van der Waals surface area (Å²) in [6.07, 6.45) is 0.769. The summed E-state index contributed by atoms with van der Waals surface area (Å²) in [5.74, 6) is -2.45. The van der Waals surface area contributed by atoms with Gasteiger partial charge in [-0.15, -0.1) is 11.8 Å². The second kappa shape index (κ2) is 7.73. The van der Waals surface area contributed by atoms with Crippen molar-refractivity contribution < 1.29 is 18.4 Å². The first-order valence-electron chi connectivity index (χ1n) is 5.68. The first-order valence-corrected chi connectivity index (χ1v) is 6.67. The van der Waals surface area contributed by atoms with Crippen LogP contribution in [0.15, 0.2) is 23.1 Å². The van der Waals surface area contributed by atoms with Crippen LogP contribution >= 0.6 is 11.8 Å². The summed E-state index contributed by atoms with van der Waals surface area (Å²) in [6, 6.07) is 2.80. The molecular weight excluding hydrogens is 274 g/mol. The fourth-order valence-corrected chi connectivity index (χ4v) is 1.88. The monoisotopic (exact) mass is 288 g/mol. The zero-order valence-electron chi connectivity index (χ0n) is 10.3. The van der Waals surface area contributed by atoms with Gasteiger partial charge in [-0.1, -0.05) is 6.92 Å². The predicted molar refractivity (Wildman–Crippen MR) is 68.9 cm³/mol. The maximum Gasteiger partial charge on any atom is 0.321 e. The van der Waals surface area contributed by atoms with Crippen LogP contribution in [0, 0.1) is 11.6 Å². The number of hydrogen-bond donors (Lipinski definition) is 2. The van der Waals surface area contributed by atoms with Gasteiger partial charge in [-0.05, 0) is 24.6 Å². The van der Waals surface area contributed by atoms with E-state index >= 15 is 0 Å². The molecule has 104 valence electrons. The molecule has 0 saturated heterocycles.